The van der Waals surface area contributed by atoms with Crippen molar-refractivity contribution in [2.24, 2.45) is 0 Å². The average molecular weight is 516 g/mol. The van der Waals surface area contributed by atoms with Gasteiger partial charge in [0.05, 0.1) is 24.3 Å². The van der Waals surface area contributed by atoms with Crippen LogP contribution in [0.5, 0.6) is 11.5 Å². The van der Waals surface area contributed by atoms with Crippen molar-refractivity contribution in [1.82, 2.24) is 0 Å². The molecule has 0 aliphatic heterocycles. The average Bonchev–Trinajstić information content (AvgIpc) is 2.65. The molecule has 0 spiro atoms. The molecule has 0 saturated heterocycles. The summed E-state index contributed by atoms with van der Waals surface area (Å²) in [6, 6.07) is 10.1. The van der Waals surface area contributed by atoms with Crippen LogP contribution in [0.25, 0.3) is 0 Å². The third kappa shape index (κ3) is 6.83. The summed E-state index contributed by atoms with van der Waals surface area (Å²) in [6.07, 6.45) is 0. The summed E-state index contributed by atoms with van der Waals surface area (Å²) >= 11 is 6.70. The fourth-order valence-corrected chi connectivity index (χ4v) is 3.22. The molecule has 0 atom stereocenters. The summed E-state index contributed by atoms with van der Waals surface area (Å²) in [6.45, 7) is 4.60. The summed E-state index contributed by atoms with van der Waals surface area (Å²) in [5.74, 6) is 0.209. The molecule has 0 heterocycles. The first-order chi connectivity index (χ1) is 13.4. The van der Waals surface area contributed by atoms with Crippen molar-refractivity contribution in [3.63, 3.8) is 0 Å². The van der Waals surface area contributed by atoms with E-state index in [4.69, 9.17) is 18.9 Å². The first-order valence-corrected chi connectivity index (χ1v) is 10.2. The van der Waals surface area contributed by atoms with Crippen LogP contribution in [-0.2, 0) is 9.47 Å². The minimum atomic E-state index is -0.412. The number of carbonyl (C=O) groups excluding carboxylic acids is 2. The lowest BCUT2D eigenvalue weighted by Gasteiger charge is -2.11. The predicted molar refractivity (Wildman–Crippen MR) is 111 cm³/mol. The highest BCUT2D eigenvalue weighted by Gasteiger charge is 2.11. The largest absolute Gasteiger partial charge is 0.490 e. The SMILES string of the molecule is CCOC(=O)c1cc(Br)cc(OCCOc2cc(Br)cc(C(=O)OCC)c2)c1. The van der Waals surface area contributed by atoms with E-state index in [9.17, 15) is 9.59 Å². The predicted octanol–water partition coefficient (Wildman–Crippen LogP) is 5.02. The van der Waals surface area contributed by atoms with E-state index in [1.807, 2.05) is 0 Å². The highest BCUT2D eigenvalue weighted by molar-refractivity contribution is 9.10. The Morgan fingerprint density at radius 1 is 0.714 bits per heavy atom. The lowest BCUT2D eigenvalue weighted by molar-refractivity contribution is 0.0516. The second-order valence-electron chi connectivity index (χ2n) is 5.49. The fourth-order valence-electron chi connectivity index (χ4n) is 2.28. The molecule has 0 N–H and O–H groups in total. The Morgan fingerprint density at radius 3 is 1.46 bits per heavy atom. The standard InChI is InChI=1S/C20H20Br2O6/c1-3-25-19(23)13-7-15(21)11-17(9-13)27-5-6-28-18-10-14(8-16(22)12-18)20(24)26-4-2/h7-12H,3-6H2,1-2H3. The lowest BCUT2D eigenvalue weighted by atomic mass is 10.2. The molecular formula is C20H20Br2O6. The molecule has 2 aromatic rings. The number of benzene rings is 2. The highest BCUT2D eigenvalue weighted by Crippen LogP contribution is 2.24. The van der Waals surface area contributed by atoms with Crippen molar-refractivity contribution in [2.45, 2.75) is 13.8 Å². The van der Waals surface area contributed by atoms with Crippen molar-refractivity contribution in [3.05, 3.63) is 56.5 Å². The molecule has 2 aromatic carbocycles. The molecule has 0 unspecified atom stereocenters. The summed E-state index contributed by atoms with van der Waals surface area (Å²) in [5, 5.41) is 0. The minimum Gasteiger partial charge on any atom is -0.490 e. The fraction of sp³-hybridized carbons (Fsp3) is 0.300. The van der Waals surface area contributed by atoms with Gasteiger partial charge in [0, 0.05) is 8.95 Å². The first kappa shape index (κ1) is 22.2. The van der Waals surface area contributed by atoms with E-state index in [0.29, 0.717) is 44.8 Å². The normalized spacial score (nSPS) is 10.3. The maximum absolute atomic E-state index is 11.9. The molecule has 2 rings (SSSR count). The molecule has 0 amide bonds. The first-order valence-electron chi connectivity index (χ1n) is 8.64. The van der Waals surface area contributed by atoms with Gasteiger partial charge in [-0.3, -0.25) is 0 Å². The third-order valence-corrected chi connectivity index (χ3v) is 4.30. The number of hydrogen-bond acceptors (Lipinski definition) is 6. The Kier molecular flexibility index (Phi) is 8.79. The lowest BCUT2D eigenvalue weighted by Crippen LogP contribution is -2.11. The van der Waals surface area contributed by atoms with Gasteiger partial charge >= 0.3 is 11.9 Å². The van der Waals surface area contributed by atoms with Crippen LogP contribution in [-0.4, -0.2) is 38.4 Å². The van der Waals surface area contributed by atoms with Crippen LogP contribution in [0.2, 0.25) is 0 Å². The van der Waals surface area contributed by atoms with E-state index in [1.165, 1.54) is 0 Å². The van der Waals surface area contributed by atoms with Crippen LogP contribution in [0.1, 0.15) is 34.6 Å². The molecule has 0 radical (unpaired) electrons. The van der Waals surface area contributed by atoms with Crippen LogP contribution in [0, 0.1) is 0 Å². The second-order valence-corrected chi connectivity index (χ2v) is 7.32. The number of hydrogen-bond donors (Lipinski definition) is 0. The Bertz CT molecular complexity index is 768. The van der Waals surface area contributed by atoms with Gasteiger partial charge < -0.3 is 18.9 Å². The molecular weight excluding hydrogens is 496 g/mol. The van der Waals surface area contributed by atoms with Crippen LogP contribution in [0.15, 0.2) is 45.3 Å². The molecule has 0 aromatic heterocycles. The van der Waals surface area contributed by atoms with Crippen LogP contribution in [0.4, 0.5) is 0 Å². The third-order valence-electron chi connectivity index (χ3n) is 3.39. The van der Waals surface area contributed by atoms with Gasteiger partial charge in [-0.05, 0) is 50.2 Å². The van der Waals surface area contributed by atoms with Crippen molar-refractivity contribution in [1.29, 1.82) is 0 Å². The number of rotatable bonds is 9. The van der Waals surface area contributed by atoms with E-state index in [0.717, 1.165) is 0 Å². The molecule has 0 aliphatic rings. The molecule has 0 saturated carbocycles. The van der Waals surface area contributed by atoms with E-state index in [-0.39, 0.29) is 13.2 Å². The second kappa shape index (κ2) is 11.1. The molecule has 28 heavy (non-hydrogen) atoms. The number of ether oxygens (including phenoxy) is 4. The van der Waals surface area contributed by atoms with Gasteiger partial charge in [0.15, 0.2) is 0 Å². The van der Waals surface area contributed by atoms with Crippen molar-refractivity contribution < 1.29 is 28.5 Å². The smallest absolute Gasteiger partial charge is 0.338 e. The van der Waals surface area contributed by atoms with Crippen LogP contribution in [0.3, 0.4) is 0 Å². The van der Waals surface area contributed by atoms with Gasteiger partial charge in [-0.2, -0.15) is 0 Å². The quantitative estimate of drug-likeness (QED) is 0.345. The Morgan fingerprint density at radius 2 is 1.11 bits per heavy atom. The zero-order valence-electron chi connectivity index (χ0n) is 15.5. The Hall–Kier alpha value is -2.06. The molecule has 0 fully saturated rings. The summed E-state index contributed by atoms with van der Waals surface area (Å²) < 4.78 is 22.7. The zero-order chi connectivity index (χ0) is 20.5. The number of esters is 2. The Labute approximate surface area is 180 Å². The van der Waals surface area contributed by atoms with Crippen LogP contribution < -0.4 is 9.47 Å². The highest BCUT2D eigenvalue weighted by atomic mass is 79.9. The van der Waals surface area contributed by atoms with Crippen molar-refractivity contribution in [3.8, 4) is 11.5 Å². The maximum atomic E-state index is 11.9. The van der Waals surface area contributed by atoms with E-state index < -0.39 is 11.9 Å². The van der Waals surface area contributed by atoms with Gasteiger partial charge in [-0.1, -0.05) is 31.9 Å². The molecule has 6 nitrogen and oxygen atoms in total. The summed E-state index contributed by atoms with van der Waals surface area (Å²) in [4.78, 5) is 23.7. The van der Waals surface area contributed by atoms with E-state index in [1.54, 1.807) is 50.2 Å². The van der Waals surface area contributed by atoms with E-state index in [2.05, 4.69) is 31.9 Å². The van der Waals surface area contributed by atoms with Gasteiger partial charge in [0.2, 0.25) is 0 Å². The number of halogens is 2. The van der Waals surface area contributed by atoms with Crippen molar-refractivity contribution in [2.75, 3.05) is 26.4 Å². The van der Waals surface area contributed by atoms with Crippen LogP contribution >= 0.6 is 31.9 Å². The number of carbonyl (C=O) groups is 2. The molecule has 0 aliphatic carbocycles. The van der Waals surface area contributed by atoms with Gasteiger partial charge in [-0.15, -0.1) is 0 Å². The van der Waals surface area contributed by atoms with Gasteiger partial charge in [0.25, 0.3) is 0 Å². The summed E-state index contributed by atoms with van der Waals surface area (Å²) in [5.41, 5.74) is 0.802. The molecule has 150 valence electrons. The monoisotopic (exact) mass is 514 g/mol. The van der Waals surface area contributed by atoms with Gasteiger partial charge in [0.1, 0.15) is 24.7 Å². The van der Waals surface area contributed by atoms with Crippen molar-refractivity contribution >= 4 is 43.8 Å². The topological polar surface area (TPSA) is 71.1 Å². The van der Waals surface area contributed by atoms with E-state index >= 15 is 0 Å². The summed E-state index contributed by atoms with van der Waals surface area (Å²) in [7, 11) is 0. The minimum absolute atomic E-state index is 0.250. The van der Waals surface area contributed by atoms with Gasteiger partial charge in [-0.25, -0.2) is 9.59 Å². The maximum Gasteiger partial charge on any atom is 0.338 e. The zero-order valence-corrected chi connectivity index (χ0v) is 18.7. The molecule has 8 heteroatoms. The Balaban J connectivity index is 1.94. The molecule has 0 bridgehead atoms.